The number of benzene rings is 1. The Kier molecular flexibility index (Phi) is 5.96. The van der Waals surface area contributed by atoms with Gasteiger partial charge in [0, 0.05) is 11.3 Å². The molecular weight excluding hydrogens is 291 g/mol. The maximum atomic E-state index is 12.8. The summed E-state index contributed by atoms with van der Waals surface area (Å²) in [4.78, 5) is 12.3. The Hall–Kier alpha value is -1.36. The van der Waals surface area contributed by atoms with Gasteiger partial charge < -0.3 is 20.1 Å². The second-order valence-corrected chi connectivity index (χ2v) is 7.60. The summed E-state index contributed by atoms with van der Waals surface area (Å²) in [7, 11) is -3.47. The Morgan fingerprint density at radius 2 is 1.86 bits per heavy atom. The number of nitrogen functional groups attached to an aromatic ring is 1. The van der Waals surface area contributed by atoms with Crippen molar-refractivity contribution in [1.82, 2.24) is 5.32 Å². The molecule has 3 N–H and O–H groups in total. The van der Waals surface area contributed by atoms with E-state index in [1.807, 2.05) is 0 Å². The monoisotopic (exact) mass is 314 g/mol. The molecule has 0 unspecified atom stereocenters. The van der Waals surface area contributed by atoms with Gasteiger partial charge in [0.1, 0.15) is 5.28 Å². The Morgan fingerprint density at radius 1 is 1.29 bits per heavy atom. The summed E-state index contributed by atoms with van der Waals surface area (Å²) in [5.74, 6) is -0.382. The minimum Gasteiger partial charge on any atom is -0.399 e. The average molecular weight is 314 g/mol. The molecule has 0 aromatic heterocycles. The van der Waals surface area contributed by atoms with Crippen molar-refractivity contribution < 1.29 is 18.4 Å². The quantitative estimate of drug-likeness (QED) is 0.596. The lowest BCUT2D eigenvalue weighted by molar-refractivity contribution is 0.0916. The summed E-state index contributed by atoms with van der Waals surface area (Å²) in [5.41, 5.74) is 6.53. The number of hydrogen-bond acceptors (Lipinski definition) is 5. The van der Waals surface area contributed by atoms with Crippen LogP contribution in [0.1, 0.15) is 38.1 Å². The highest BCUT2D eigenvalue weighted by Gasteiger charge is 2.44. The summed E-state index contributed by atoms with van der Waals surface area (Å²) in [6.07, 6.45) is 0. The van der Waals surface area contributed by atoms with Crippen LogP contribution in [-0.4, -0.2) is 24.4 Å². The van der Waals surface area contributed by atoms with Crippen molar-refractivity contribution >= 4 is 19.2 Å². The van der Waals surface area contributed by atoms with E-state index in [2.05, 4.69) is 5.32 Å². The van der Waals surface area contributed by atoms with Gasteiger partial charge in [0.15, 0.2) is 0 Å². The fraction of sp³-hybridized carbons (Fsp3) is 0.500. The van der Waals surface area contributed by atoms with Gasteiger partial charge >= 0.3 is 7.60 Å². The van der Waals surface area contributed by atoms with E-state index >= 15 is 0 Å². The molecule has 1 amide bonds. The van der Waals surface area contributed by atoms with Crippen LogP contribution in [0.4, 0.5) is 5.69 Å². The van der Waals surface area contributed by atoms with Crippen LogP contribution in [0.5, 0.6) is 0 Å². The lowest BCUT2D eigenvalue weighted by Gasteiger charge is -2.33. The molecule has 0 saturated carbocycles. The lowest BCUT2D eigenvalue weighted by Crippen LogP contribution is -2.44. The zero-order valence-corrected chi connectivity index (χ0v) is 13.8. The van der Waals surface area contributed by atoms with Crippen LogP contribution >= 0.6 is 7.60 Å². The Bertz CT molecular complexity index is 536. The first kappa shape index (κ1) is 17.7. The largest absolute Gasteiger partial charge is 0.399 e. The molecular formula is C14H23N2O4P. The van der Waals surface area contributed by atoms with E-state index in [1.54, 1.807) is 52.0 Å². The second kappa shape index (κ2) is 7.07. The number of hydrogen-bond donors (Lipinski definition) is 2. The van der Waals surface area contributed by atoms with Crippen molar-refractivity contribution in [1.29, 1.82) is 0 Å². The van der Waals surface area contributed by atoms with E-state index in [-0.39, 0.29) is 19.1 Å². The van der Waals surface area contributed by atoms with Gasteiger partial charge in [0.05, 0.1) is 13.2 Å². The van der Waals surface area contributed by atoms with Crippen molar-refractivity contribution in [3.05, 3.63) is 29.8 Å². The van der Waals surface area contributed by atoms with Crippen LogP contribution in [0, 0.1) is 0 Å². The lowest BCUT2D eigenvalue weighted by atomic mass is 10.2. The second-order valence-electron chi connectivity index (χ2n) is 4.97. The minimum absolute atomic E-state index is 0.231. The van der Waals surface area contributed by atoms with E-state index in [9.17, 15) is 9.36 Å². The molecule has 118 valence electrons. The highest BCUT2D eigenvalue weighted by Crippen LogP contribution is 2.58. The standard InChI is InChI=1S/C14H23N2O4P/c1-5-19-21(18,20-6-2)14(3,4)16-13(17)11-8-7-9-12(15)10-11/h7-10H,5-6,15H2,1-4H3,(H,16,17). The molecule has 0 spiro atoms. The third kappa shape index (κ3) is 4.30. The Balaban J connectivity index is 2.97. The first-order chi connectivity index (χ1) is 9.75. The number of nitrogens with two attached hydrogens (primary N) is 1. The van der Waals surface area contributed by atoms with Gasteiger partial charge in [0.25, 0.3) is 5.91 Å². The zero-order valence-electron chi connectivity index (χ0n) is 12.9. The molecule has 0 fully saturated rings. The van der Waals surface area contributed by atoms with Gasteiger partial charge in [-0.2, -0.15) is 0 Å². The molecule has 0 aliphatic carbocycles. The fourth-order valence-corrected chi connectivity index (χ4v) is 3.44. The molecule has 0 aliphatic rings. The van der Waals surface area contributed by atoms with Gasteiger partial charge in [-0.15, -0.1) is 0 Å². The van der Waals surface area contributed by atoms with Crippen molar-refractivity contribution in [3.8, 4) is 0 Å². The molecule has 6 nitrogen and oxygen atoms in total. The first-order valence-electron chi connectivity index (χ1n) is 6.83. The highest BCUT2D eigenvalue weighted by atomic mass is 31.2. The maximum absolute atomic E-state index is 12.8. The Labute approximate surface area is 125 Å². The molecule has 0 radical (unpaired) electrons. The van der Waals surface area contributed by atoms with E-state index in [0.717, 1.165) is 0 Å². The van der Waals surface area contributed by atoms with Crippen molar-refractivity contribution in [3.63, 3.8) is 0 Å². The molecule has 1 aromatic rings. The summed E-state index contributed by atoms with van der Waals surface area (Å²) in [6.45, 7) is 7.14. The third-order valence-electron chi connectivity index (χ3n) is 2.85. The van der Waals surface area contributed by atoms with Gasteiger partial charge in [-0.05, 0) is 45.9 Å². The molecule has 0 bridgehead atoms. The maximum Gasteiger partial charge on any atom is 0.355 e. The fourth-order valence-electron chi connectivity index (χ4n) is 1.80. The predicted molar refractivity (Wildman–Crippen MR) is 83.3 cm³/mol. The van der Waals surface area contributed by atoms with E-state index in [0.29, 0.717) is 11.3 Å². The number of amides is 1. The van der Waals surface area contributed by atoms with Crippen LogP contribution in [0.15, 0.2) is 24.3 Å². The van der Waals surface area contributed by atoms with Gasteiger partial charge in [-0.3, -0.25) is 9.36 Å². The summed E-state index contributed by atoms with van der Waals surface area (Å²) < 4.78 is 23.4. The SMILES string of the molecule is CCOP(=O)(OCC)C(C)(C)NC(=O)c1cccc(N)c1. The molecule has 21 heavy (non-hydrogen) atoms. The van der Waals surface area contributed by atoms with Crippen molar-refractivity contribution in [2.45, 2.75) is 33.0 Å². The number of nitrogens with one attached hydrogen (secondary N) is 1. The van der Waals surface area contributed by atoms with Crippen LogP contribution < -0.4 is 11.1 Å². The van der Waals surface area contributed by atoms with Crippen LogP contribution in [0.3, 0.4) is 0 Å². The van der Waals surface area contributed by atoms with Crippen LogP contribution in [-0.2, 0) is 13.6 Å². The highest BCUT2D eigenvalue weighted by molar-refractivity contribution is 7.55. The molecule has 1 rings (SSSR count). The molecule has 1 aromatic carbocycles. The minimum atomic E-state index is -3.47. The Morgan fingerprint density at radius 3 is 2.33 bits per heavy atom. The molecule has 0 atom stereocenters. The third-order valence-corrected chi connectivity index (χ3v) is 5.53. The molecule has 7 heteroatoms. The van der Waals surface area contributed by atoms with Crippen molar-refractivity contribution in [2.24, 2.45) is 0 Å². The zero-order chi connectivity index (χ0) is 16.1. The molecule has 0 aliphatic heterocycles. The van der Waals surface area contributed by atoms with E-state index < -0.39 is 12.9 Å². The smallest absolute Gasteiger partial charge is 0.355 e. The number of carbonyl (C=O) groups excluding carboxylic acids is 1. The molecule has 0 heterocycles. The van der Waals surface area contributed by atoms with Crippen molar-refractivity contribution in [2.75, 3.05) is 18.9 Å². The summed E-state index contributed by atoms with van der Waals surface area (Å²) in [5, 5.41) is 1.55. The summed E-state index contributed by atoms with van der Waals surface area (Å²) >= 11 is 0. The normalized spacial score (nSPS) is 12.2. The van der Waals surface area contributed by atoms with Gasteiger partial charge in [0.2, 0.25) is 0 Å². The van der Waals surface area contributed by atoms with Crippen LogP contribution in [0.25, 0.3) is 0 Å². The first-order valence-corrected chi connectivity index (χ1v) is 8.37. The number of carbonyl (C=O) groups is 1. The number of anilines is 1. The van der Waals surface area contributed by atoms with Gasteiger partial charge in [-0.1, -0.05) is 6.07 Å². The van der Waals surface area contributed by atoms with E-state index in [4.69, 9.17) is 14.8 Å². The number of rotatable bonds is 7. The molecule has 0 saturated heterocycles. The predicted octanol–water partition coefficient (Wildman–Crippen LogP) is 3.00. The van der Waals surface area contributed by atoms with Crippen LogP contribution in [0.2, 0.25) is 0 Å². The average Bonchev–Trinajstić information content (AvgIpc) is 2.38. The topological polar surface area (TPSA) is 90.6 Å². The van der Waals surface area contributed by atoms with E-state index in [1.165, 1.54) is 0 Å². The van der Waals surface area contributed by atoms with Gasteiger partial charge in [-0.25, -0.2) is 0 Å². The summed E-state index contributed by atoms with van der Waals surface area (Å²) in [6, 6.07) is 6.56.